The molecule has 0 atom stereocenters. The number of hydrogen-bond donors (Lipinski definition) is 0. The second-order valence-corrected chi connectivity index (χ2v) is 11.2. The van der Waals surface area contributed by atoms with Crippen LogP contribution in [0.4, 0.5) is 0 Å². The Labute approximate surface area is 91.1 Å². The molecule has 0 saturated carbocycles. The predicted molar refractivity (Wildman–Crippen MR) is 70.6 cm³/mol. The third-order valence-corrected chi connectivity index (χ3v) is 3.58. The molecular formula is C13H26Si. The summed E-state index contributed by atoms with van der Waals surface area (Å²) in [5.74, 6) is 0. The summed E-state index contributed by atoms with van der Waals surface area (Å²) in [5, 5.41) is 0. The van der Waals surface area contributed by atoms with E-state index >= 15 is 0 Å². The maximum atomic E-state index is 2.45. The van der Waals surface area contributed by atoms with Crippen molar-refractivity contribution in [1.82, 2.24) is 0 Å². The third kappa shape index (κ3) is 9.78. The molecular weight excluding hydrogens is 184 g/mol. The second-order valence-electron chi connectivity index (χ2n) is 5.64. The zero-order valence-corrected chi connectivity index (χ0v) is 11.8. The largest absolute Gasteiger partial charge is 0.0883 e. The molecule has 0 heterocycles. The molecule has 0 aliphatic heterocycles. The summed E-state index contributed by atoms with van der Waals surface area (Å²) in [6.07, 6.45) is 7.21. The fraction of sp³-hybridized carbons (Fsp3) is 0.692. The number of allylic oxidation sites excluding steroid dienone is 4. The molecule has 82 valence electrons. The van der Waals surface area contributed by atoms with Gasteiger partial charge in [0.25, 0.3) is 0 Å². The highest BCUT2D eigenvalue weighted by Gasteiger charge is 2.09. The van der Waals surface area contributed by atoms with Gasteiger partial charge in [-0.1, -0.05) is 42.9 Å². The van der Waals surface area contributed by atoms with Crippen molar-refractivity contribution >= 4 is 8.07 Å². The van der Waals surface area contributed by atoms with Gasteiger partial charge in [-0.3, -0.25) is 0 Å². The highest BCUT2D eigenvalue weighted by molar-refractivity contribution is 6.76. The van der Waals surface area contributed by atoms with Gasteiger partial charge < -0.3 is 0 Å². The zero-order chi connectivity index (χ0) is 11.2. The van der Waals surface area contributed by atoms with Crippen molar-refractivity contribution in [3.05, 3.63) is 23.3 Å². The van der Waals surface area contributed by atoms with E-state index in [0.717, 1.165) is 0 Å². The van der Waals surface area contributed by atoms with Crippen molar-refractivity contribution in [2.75, 3.05) is 0 Å². The van der Waals surface area contributed by atoms with Gasteiger partial charge in [0.05, 0.1) is 0 Å². The van der Waals surface area contributed by atoms with Crippen LogP contribution in [0, 0.1) is 0 Å². The van der Waals surface area contributed by atoms with Crippen molar-refractivity contribution in [1.29, 1.82) is 0 Å². The van der Waals surface area contributed by atoms with E-state index in [1.54, 1.807) is 5.57 Å². The quantitative estimate of drug-likeness (QED) is 0.441. The first-order chi connectivity index (χ1) is 6.31. The molecule has 0 nitrogen and oxygen atoms in total. The summed E-state index contributed by atoms with van der Waals surface area (Å²) in [6.45, 7) is 13.9. The molecule has 0 saturated heterocycles. The molecule has 0 amide bonds. The van der Waals surface area contributed by atoms with E-state index in [4.69, 9.17) is 0 Å². The first-order valence-electron chi connectivity index (χ1n) is 5.60. The Balaban J connectivity index is 3.85. The molecule has 0 spiro atoms. The Bertz CT molecular complexity index is 212. The van der Waals surface area contributed by atoms with Crippen LogP contribution in [0.3, 0.4) is 0 Å². The van der Waals surface area contributed by atoms with Crippen molar-refractivity contribution in [3.8, 4) is 0 Å². The van der Waals surface area contributed by atoms with Gasteiger partial charge in [-0.05, 0) is 39.7 Å². The lowest BCUT2D eigenvalue weighted by atomic mass is 10.1. The molecule has 0 aromatic heterocycles. The molecule has 0 N–H and O–H groups in total. The Kier molecular flexibility index (Phi) is 6.10. The average Bonchev–Trinajstić information content (AvgIpc) is 1.99. The molecule has 0 rings (SSSR count). The molecule has 0 aromatic rings. The average molecular weight is 210 g/mol. The van der Waals surface area contributed by atoms with Crippen LogP contribution in [0.15, 0.2) is 23.3 Å². The van der Waals surface area contributed by atoms with Gasteiger partial charge in [-0.2, -0.15) is 0 Å². The smallest absolute Gasteiger partial charge is 0.0480 e. The van der Waals surface area contributed by atoms with Crippen LogP contribution >= 0.6 is 0 Å². The number of hydrogen-bond acceptors (Lipinski definition) is 0. The Morgan fingerprint density at radius 1 is 1.00 bits per heavy atom. The van der Waals surface area contributed by atoms with Crippen LogP contribution in [-0.2, 0) is 0 Å². The normalized spacial score (nSPS) is 12.9. The first-order valence-corrected chi connectivity index (χ1v) is 9.31. The molecule has 0 fully saturated rings. The van der Waals surface area contributed by atoms with Gasteiger partial charge in [-0.25, -0.2) is 0 Å². The molecule has 0 bridgehead atoms. The highest BCUT2D eigenvalue weighted by atomic mass is 28.3. The minimum atomic E-state index is -0.873. The minimum absolute atomic E-state index is 0.873. The molecule has 0 unspecified atom stereocenters. The van der Waals surface area contributed by atoms with Crippen LogP contribution in [-0.4, -0.2) is 8.07 Å². The van der Waals surface area contributed by atoms with Crippen molar-refractivity contribution < 1.29 is 0 Å². The third-order valence-electron chi connectivity index (χ3n) is 2.15. The van der Waals surface area contributed by atoms with Crippen LogP contribution in [0.25, 0.3) is 0 Å². The van der Waals surface area contributed by atoms with E-state index in [9.17, 15) is 0 Å². The lowest BCUT2D eigenvalue weighted by molar-refractivity contribution is 0.962. The first kappa shape index (κ1) is 13.7. The Hall–Kier alpha value is -0.303. The monoisotopic (exact) mass is 210 g/mol. The van der Waals surface area contributed by atoms with Crippen LogP contribution in [0.5, 0.6) is 0 Å². The molecule has 0 aromatic carbocycles. The standard InChI is InChI=1S/C13H26Si/c1-12(2)8-7-9-13(3)10-11-14(4,5)6/h8,10H,7,9,11H2,1-6H3/b13-10-. The summed E-state index contributed by atoms with van der Waals surface area (Å²) >= 11 is 0. The highest BCUT2D eigenvalue weighted by Crippen LogP contribution is 2.13. The lowest BCUT2D eigenvalue weighted by Gasteiger charge is -2.12. The topological polar surface area (TPSA) is 0 Å². The maximum Gasteiger partial charge on any atom is 0.0480 e. The van der Waals surface area contributed by atoms with Gasteiger partial charge in [0.2, 0.25) is 0 Å². The van der Waals surface area contributed by atoms with E-state index < -0.39 is 8.07 Å². The summed E-state index contributed by atoms with van der Waals surface area (Å²) in [6, 6.07) is 1.33. The summed E-state index contributed by atoms with van der Waals surface area (Å²) in [5.41, 5.74) is 2.99. The molecule has 1 heteroatoms. The van der Waals surface area contributed by atoms with E-state index in [1.807, 2.05) is 0 Å². The molecule has 14 heavy (non-hydrogen) atoms. The Morgan fingerprint density at radius 3 is 2.00 bits per heavy atom. The van der Waals surface area contributed by atoms with Gasteiger partial charge in [-0.15, -0.1) is 0 Å². The van der Waals surface area contributed by atoms with E-state index in [-0.39, 0.29) is 0 Å². The lowest BCUT2D eigenvalue weighted by Crippen LogP contribution is -2.17. The second kappa shape index (κ2) is 6.23. The molecule has 0 radical (unpaired) electrons. The van der Waals surface area contributed by atoms with Gasteiger partial charge >= 0.3 is 0 Å². The van der Waals surface area contributed by atoms with Crippen molar-refractivity contribution in [2.24, 2.45) is 0 Å². The molecule has 0 aliphatic carbocycles. The van der Waals surface area contributed by atoms with Crippen LogP contribution in [0.2, 0.25) is 25.7 Å². The Morgan fingerprint density at radius 2 is 1.57 bits per heavy atom. The minimum Gasteiger partial charge on any atom is -0.0883 e. The van der Waals surface area contributed by atoms with Crippen molar-refractivity contribution in [3.63, 3.8) is 0 Å². The van der Waals surface area contributed by atoms with Crippen LogP contribution < -0.4 is 0 Å². The fourth-order valence-corrected chi connectivity index (χ4v) is 2.13. The van der Waals surface area contributed by atoms with Gasteiger partial charge in [0.1, 0.15) is 0 Å². The fourth-order valence-electron chi connectivity index (χ4n) is 1.17. The maximum absolute atomic E-state index is 2.45. The SMILES string of the molecule is CC(C)=CCC/C(C)=C\C[Si](C)(C)C. The van der Waals surface area contributed by atoms with E-state index in [0.29, 0.717) is 0 Å². The summed E-state index contributed by atoms with van der Waals surface area (Å²) in [7, 11) is -0.873. The van der Waals surface area contributed by atoms with E-state index in [2.05, 4.69) is 52.6 Å². The summed E-state index contributed by atoms with van der Waals surface area (Å²) < 4.78 is 0. The summed E-state index contributed by atoms with van der Waals surface area (Å²) in [4.78, 5) is 0. The zero-order valence-electron chi connectivity index (χ0n) is 10.8. The number of rotatable bonds is 5. The molecule has 0 aliphatic rings. The van der Waals surface area contributed by atoms with Gasteiger partial charge in [0.15, 0.2) is 0 Å². The van der Waals surface area contributed by atoms with Crippen molar-refractivity contribution in [2.45, 2.75) is 59.3 Å². The predicted octanol–water partition coefficient (Wildman–Crippen LogP) is 5.02. The van der Waals surface area contributed by atoms with Crippen LogP contribution in [0.1, 0.15) is 33.6 Å². The van der Waals surface area contributed by atoms with E-state index in [1.165, 1.54) is 24.5 Å². The van der Waals surface area contributed by atoms with Gasteiger partial charge in [0, 0.05) is 8.07 Å².